The van der Waals surface area contributed by atoms with Gasteiger partial charge in [0.05, 0.1) is 11.5 Å². The van der Waals surface area contributed by atoms with Gasteiger partial charge in [-0.05, 0) is 12.1 Å². The first kappa shape index (κ1) is 17.1. The van der Waals surface area contributed by atoms with Crippen LogP contribution in [0.15, 0.2) is 17.0 Å². The van der Waals surface area contributed by atoms with Crippen LogP contribution < -0.4 is 0 Å². The molecule has 0 aliphatic heterocycles. The maximum absolute atomic E-state index is 12.3. The summed E-state index contributed by atoms with van der Waals surface area (Å²) in [5, 5.41) is 19.0. The molecule has 0 unspecified atom stereocenters. The largest absolute Gasteiger partial charge is 0.395 e. The van der Waals surface area contributed by atoms with Gasteiger partial charge in [0.1, 0.15) is 14.9 Å². The molecule has 1 aromatic rings. The molecule has 0 aliphatic carbocycles. The van der Waals surface area contributed by atoms with Gasteiger partial charge < -0.3 is 5.11 Å². The Morgan fingerprint density at radius 3 is 2.45 bits per heavy atom. The molecule has 0 spiro atoms. The second-order valence-corrected chi connectivity index (χ2v) is 6.38. The summed E-state index contributed by atoms with van der Waals surface area (Å²) in [5.74, 6) is 0. The monoisotopic (exact) mass is 342 g/mol. The van der Waals surface area contributed by atoms with E-state index in [-0.39, 0.29) is 24.7 Å². The van der Waals surface area contributed by atoms with E-state index in [0.29, 0.717) is 0 Å². The average molecular weight is 343 g/mol. The van der Waals surface area contributed by atoms with Crippen LogP contribution in [0.5, 0.6) is 0 Å². The highest BCUT2D eigenvalue weighted by Crippen LogP contribution is 2.38. The van der Waals surface area contributed by atoms with E-state index in [1.54, 1.807) is 6.92 Å². The summed E-state index contributed by atoms with van der Waals surface area (Å²) in [6, 6.07) is 2.21. The first-order valence-electron chi connectivity index (χ1n) is 5.50. The maximum atomic E-state index is 12.3. The summed E-state index contributed by atoms with van der Waals surface area (Å²) >= 11 is 11.4. The molecular weight excluding hydrogens is 331 g/mol. The average Bonchev–Trinajstić information content (AvgIpc) is 2.34. The van der Waals surface area contributed by atoms with Crippen molar-refractivity contribution in [2.45, 2.75) is 11.8 Å². The van der Waals surface area contributed by atoms with E-state index in [9.17, 15) is 18.5 Å². The highest BCUT2D eigenvalue weighted by Gasteiger charge is 2.31. The van der Waals surface area contributed by atoms with Gasteiger partial charge >= 0.3 is 5.69 Å². The predicted octanol–water partition coefficient (Wildman–Crippen LogP) is 1.90. The molecule has 112 valence electrons. The second kappa shape index (κ2) is 6.68. The minimum atomic E-state index is -4.04. The van der Waals surface area contributed by atoms with E-state index in [2.05, 4.69) is 0 Å². The van der Waals surface area contributed by atoms with Crippen LogP contribution in [0.25, 0.3) is 0 Å². The summed E-state index contributed by atoms with van der Waals surface area (Å²) in [4.78, 5) is 9.62. The van der Waals surface area contributed by atoms with Gasteiger partial charge in [0.15, 0.2) is 0 Å². The van der Waals surface area contributed by atoms with Gasteiger partial charge in [-0.2, -0.15) is 4.31 Å². The van der Waals surface area contributed by atoms with Crippen LogP contribution in [0.3, 0.4) is 0 Å². The lowest BCUT2D eigenvalue weighted by Crippen LogP contribution is -2.33. The van der Waals surface area contributed by atoms with Crippen molar-refractivity contribution < 1.29 is 18.4 Å². The zero-order valence-corrected chi connectivity index (χ0v) is 12.7. The SMILES string of the molecule is CCN(CCO)S(=O)(=O)c1ccc(Cl)c([N+](=O)[O-])c1Cl. The number of aliphatic hydroxyl groups excluding tert-OH is 1. The molecule has 0 amide bonds. The Bertz CT molecular complexity index is 620. The third-order valence-corrected chi connectivity index (χ3v) is 5.35. The number of nitrogens with zero attached hydrogens (tertiary/aromatic N) is 2. The van der Waals surface area contributed by atoms with E-state index < -0.39 is 30.6 Å². The first-order chi connectivity index (χ1) is 9.27. The number of hydrogen-bond donors (Lipinski definition) is 1. The molecule has 0 saturated carbocycles. The molecule has 0 aliphatic rings. The Labute approximate surface area is 125 Å². The maximum Gasteiger partial charge on any atom is 0.307 e. The summed E-state index contributed by atoms with van der Waals surface area (Å²) in [5.41, 5.74) is -0.658. The van der Waals surface area contributed by atoms with Crippen LogP contribution in [-0.4, -0.2) is 42.4 Å². The zero-order valence-electron chi connectivity index (χ0n) is 10.4. The van der Waals surface area contributed by atoms with Crippen LogP contribution in [0, 0.1) is 10.1 Å². The number of nitro groups is 1. The normalized spacial score (nSPS) is 11.8. The van der Waals surface area contributed by atoms with E-state index >= 15 is 0 Å². The van der Waals surface area contributed by atoms with Gasteiger partial charge in [-0.25, -0.2) is 8.42 Å². The summed E-state index contributed by atoms with van der Waals surface area (Å²) in [6.07, 6.45) is 0. The fourth-order valence-corrected chi connectivity index (χ4v) is 3.89. The fraction of sp³-hybridized carbons (Fsp3) is 0.400. The number of nitro benzene ring substituents is 1. The minimum Gasteiger partial charge on any atom is -0.395 e. The summed E-state index contributed by atoms with van der Waals surface area (Å²) < 4.78 is 25.6. The molecule has 0 aromatic heterocycles. The highest BCUT2D eigenvalue weighted by atomic mass is 35.5. The van der Waals surface area contributed by atoms with Crippen LogP contribution in [0.2, 0.25) is 10.0 Å². The molecule has 20 heavy (non-hydrogen) atoms. The van der Waals surface area contributed by atoms with Gasteiger partial charge in [0.2, 0.25) is 10.0 Å². The van der Waals surface area contributed by atoms with Gasteiger partial charge in [0, 0.05) is 13.1 Å². The Kier molecular flexibility index (Phi) is 5.72. The molecule has 1 aromatic carbocycles. The number of benzene rings is 1. The van der Waals surface area contributed by atoms with Crippen molar-refractivity contribution in [1.29, 1.82) is 0 Å². The van der Waals surface area contributed by atoms with Crippen molar-refractivity contribution in [3.8, 4) is 0 Å². The molecule has 0 radical (unpaired) electrons. The molecule has 10 heteroatoms. The molecule has 1 N–H and O–H groups in total. The van der Waals surface area contributed by atoms with E-state index in [4.69, 9.17) is 28.3 Å². The van der Waals surface area contributed by atoms with Crippen molar-refractivity contribution in [3.05, 3.63) is 32.3 Å². The van der Waals surface area contributed by atoms with Gasteiger partial charge in [-0.3, -0.25) is 10.1 Å². The van der Waals surface area contributed by atoms with Gasteiger partial charge in [-0.1, -0.05) is 30.1 Å². The molecule has 0 fully saturated rings. The fourth-order valence-electron chi connectivity index (χ4n) is 1.59. The minimum absolute atomic E-state index is 0.0929. The van der Waals surface area contributed by atoms with Crippen LogP contribution in [0.1, 0.15) is 6.92 Å². The lowest BCUT2D eigenvalue weighted by Gasteiger charge is -2.20. The molecule has 0 heterocycles. The Hall–Kier alpha value is -0.930. The third kappa shape index (κ3) is 3.21. The van der Waals surface area contributed by atoms with Gasteiger partial charge in [0.25, 0.3) is 0 Å². The number of rotatable bonds is 6. The van der Waals surface area contributed by atoms with Crippen LogP contribution in [-0.2, 0) is 10.0 Å². The van der Waals surface area contributed by atoms with Crippen LogP contribution in [0.4, 0.5) is 5.69 Å². The molecule has 7 nitrogen and oxygen atoms in total. The third-order valence-electron chi connectivity index (χ3n) is 2.53. The Balaban J connectivity index is 3.47. The number of sulfonamides is 1. The van der Waals surface area contributed by atoms with E-state index in [1.807, 2.05) is 0 Å². The molecule has 0 saturated heterocycles. The smallest absolute Gasteiger partial charge is 0.307 e. The lowest BCUT2D eigenvalue weighted by molar-refractivity contribution is -0.384. The standard InChI is InChI=1S/C10H12Cl2N2O5S/c1-2-13(5-6-15)20(18,19)8-4-3-7(11)10(9(8)12)14(16)17/h3-4,15H,2,5-6H2,1H3. The van der Waals surface area contributed by atoms with Crippen molar-refractivity contribution in [3.63, 3.8) is 0 Å². The Morgan fingerprint density at radius 1 is 1.40 bits per heavy atom. The predicted molar refractivity (Wildman–Crippen MR) is 74.6 cm³/mol. The summed E-state index contributed by atoms with van der Waals surface area (Å²) in [6.45, 7) is 1.16. The van der Waals surface area contributed by atoms with E-state index in [1.165, 1.54) is 0 Å². The lowest BCUT2D eigenvalue weighted by atomic mass is 10.3. The second-order valence-electron chi connectivity index (χ2n) is 3.69. The van der Waals surface area contributed by atoms with Crippen molar-refractivity contribution in [1.82, 2.24) is 4.31 Å². The zero-order chi connectivity index (χ0) is 15.5. The Morgan fingerprint density at radius 2 is 2.00 bits per heavy atom. The molecule has 0 atom stereocenters. The van der Waals surface area contributed by atoms with E-state index in [0.717, 1.165) is 16.4 Å². The molecule has 1 rings (SSSR count). The van der Waals surface area contributed by atoms with Crippen molar-refractivity contribution in [2.24, 2.45) is 0 Å². The molecular formula is C10H12Cl2N2O5S. The number of likely N-dealkylation sites (N-methyl/N-ethyl adjacent to an activating group) is 1. The topological polar surface area (TPSA) is 101 Å². The molecule has 0 bridgehead atoms. The first-order valence-corrected chi connectivity index (χ1v) is 7.70. The number of aliphatic hydroxyl groups is 1. The quantitative estimate of drug-likeness (QED) is 0.628. The van der Waals surface area contributed by atoms with Crippen molar-refractivity contribution in [2.75, 3.05) is 19.7 Å². The van der Waals surface area contributed by atoms with Crippen LogP contribution >= 0.6 is 23.2 Å². The summed E-state index contributed by atoms with van der Waals surface area (Å²) in [7, 11) is -4.04. The van der Waals surface area contributed by atoms with Crippen molar-refractivity contribution >= 4 is 38.9 Å². The van der Waals surface area contributed by atoms with Gasteiger partial charge in [-0.15, -0.1) is 0 Å². The number of halogens is 2. The highest BCUT2D eigenvalue weighted by molar-refractivity contribution is 7.89. The number of hydrogen-bond acceptors (Lipinski definition) is 5.